The van der Waals surface area contributed by atoms with Gasteiger partial charge in [-0.2, -0.15) is 0 Å². The van der Waals surface area contributed by atoms with Crippen molar-refractivity contribution in [3.63, 3.8) is 0 Å². The highest BCUT2D eigenvalue weighted by atomic mass is 19.1. The maximum atomic E-state index is 13.5. The summed E-state index contributed by atoms with van der Waals surface area (Å²) >= 11 is 0. The van der Waals surface area contributed by atoms with Gasteiger partial charge in [0, 0.05) is 12.0 Å². The second-order valence-corrected chi connectivity index (χ2v) is 4.96. The van der Waals surface area contributed by atoms with Gasteiger partial charge < -0.3 is 4.74 Å². The average molecular weight is 250 g/mol. The lowest BCUT2D eigenvalue weighted by Crippen LogP contribution is -2.03. The van der Waals surface area contributed by atoms with Crippen LogP contribution in [0.25, 0.3) is 0 Å². The van der Waals surface area contributed by atoms with E-state index in [0.717, 1.165) is 6.42 Å². The third kappa shape index (κ3) is 3.09. The van der Waals surface area contributed by atoms with Gasteiger partial charge in [0.25, 0.3) is 0 Å². The summed E-state index contributed by atoms with van der Waals surface area (Å²) < 4.78 is 18.3. The summed E-state index contributed by atoms with van der Waals surface area (Å²) in [4.78, 5) is 11.9. The predicted octanol–water partition coefficient (Wildman–Crippen LogP) is 3.99. The van der Waals surface area contributed by atoms with E-state index in [1.807, 2.05) is 0 Å². The van der Waals surface area contributed by atoms with E-state index in [1.54, 1.807) is 6.07 Å². The van der Waals surface area contributed by atoms with Crippen molar-refractivity contribution in [2.45, 2.75) is 38.5 Å². The van der Waals surface area contributed by atoms with Crippen LogP contribution < -0.4 is 4.74 Å². The molecule has 98 valence electrons. The van der Waals surface area contributed by atoms with E-state index >= 15 is 0 Å². The molecule has 2 nitrogen and oxygen atoms in total. The highest BCUT2D eigenvalue weighted by Crippen LogP contribution is 2.29. The number of halogens is 1. The van der Waals surface area contributed by atoms with Gasteiger partial charge in [-0.1, -0.05) is 25.7 Å². The SMILES string of the molecule is COc1ccc(C(=O)CCC2CCCC2)cc1F. The molecule has 0 unspecified atom stereocenters. The lowest BCUT2D eigenvalue weighted by molar-refractivity contribution is 0.0973. The maximum Gasteiger partial charge on any atom is 0.165 e. The molecule has 3 heteroatoms. The first-order valence-electron chi connectivity index (χ1n) is 6.57. The fraction of sp³-hybridized carbons (Fsp3) is 0.533. The van der Waals surface area contributed by atoms with Crippen molar-refractivity contribution >= 4 is 5.78 Å². The first kappa shape index (κ1) is 13.1. The number of ketones is 1. The summed E-state index contributed by atoms with van der Waals surface area (Å²) in [5.74, 6) is 0.437. The number of hydrogen-bond donors (Lipinski definition) is 0. The molecule has 0 atom stereocenters. The Hall–Kier alpha value is -1.38. The molecular formula is C15H19FO2. The van der Waals surface area contributed by atoms with Gasteiger partial charge in [0.15, 0.2) is 17.3 Å². The Labute approximate surface area is 107 Å². The number of rotatable bonds is 5. The molecule has 1 aromatic carbocycles. The second-order valence-electron chi connectivity index (χ2n) is 4.96. The van der Waals surface area contributed by atoms with Crippen LogP contribution in [0.3, 0.4) is 0 Å². The Balaban J connectivity index is 1.93. The molecule has 0 spiro atoms. The Bertz CT molecular complexity index is 423. The molecule has 0 bridgehead atoms. The van der Waals surface area contributed by atoms with E-state index in [-0.39, 0.29) is 11.5 Å². The Morgan fingerprint density at radius 1 is 1.39 bits per heavy atom. The second kappa shape index (κ2) is 5.98. The molecule has 0 aliphatic heterocycles. The number of Topliss-reactive ketones (excluding diaryl/α,β-unsaturated/α-hetero) is 1. The van der Waals surface area contributed by atoms with E-state index < -0.39 is 5.82 Å². The van der Waals surface area contributed by atoms with Gasteiger partial charge in [0.2, 0.25) is 0 Å². The first-order valence-corrected chi connectivity index (χ1v) is 6.57. The molecule has 0 radical (unpaired) electrons. The lowest BCUT2D eigenvalue weighted by atomic mass is 9.97. The zero-order chi connectivity index (χ0) is 13.0. The van der Waals surface area contributed by atoms with Crippen molar-refractivity contribution < 1.29 is 13.9 Å². The van der Waals surface area contributed by atoms with Crippen LogP contribution in [0.15, 0.2) is 18.2 Å². The molecule has 1 fully saturated rings. The third-order valence-corrected chi connectivity index (χ3v) is 3.73. The standard InChI is InChI=1S/C15H19FO2/c1-18-15-9-7-12(10-13(15)16)14(17)8-6-11-4-2-3-5-11/h7,9-11H,2-6,8H2,1H3. The summed E-state index contributed by atoms with van der Waals surface area (Å²) in [5.41, 5.74) is 0.450. The molecule has 0 N–H and O–H groups in total. The summed E-state index contributed by atoms with van der Waals surface area (Å²) in [6.45, 7) is 0. The minimum absolute atomic E-state index is 0.0310. The van der Waals surface area contributed by atoms with E-state index in [0.29, 0.717) is 17.9 Å². The van der Waals surface area contributed by atoms with Crippen LogP contribution in [-0.2, 0) is 0 Å². The molecule has 0 aromatic heterocycles. The van der Waals surface area contributed by atoms with E-state index in [2.05, 4.69) is 0 Å². The topological polar surface area (TPSA) is 26.3 Å². The Morgan fingerprint density at radius 2 is 2.11 bits per heavy atom. The number of benzene rings is 1. The smallest absolute Gasteiger partial charge is 0.165 e. The molecule has 1 aliphatic rings. The highest BCUT2D eigenvalue weighted by Gasteiger charge is 2.17. The minimum atomic E-state index is -0.468. The van der Waals surface area contributed by atoms with Crippen LogP contribution in [-0.4, -0.2) is 12.9 Å². The van der Waals surface area contributed by atoms with Crippen molar-refractivity contribution in [1.29, 1.82) is 0 Å². The molecule has 18 heavy (non-hydrogen) atoms. The molecular weight excluding hydrogens is 231 g/mol. The number of carbonyl (C=O) groups excluding carboxylic acids is 1. The quantitative estimate of drug-likeness (QED) is 0.739. The van der Waals surface area contributed by atoms with Crippen molar-refractivity contribution in [3.05, 3.63) is 29.6 Å². The number of carbonyl (C=O) groups is 1. The van der Waals surface area contributed by atoms with E-state index in [4.69, 9.17) is 4.74 Å². The van der Waals surface area contributed by atoms with Crippen LogP contribution in [0.1, 0.15) is 48.9 Å². The molecule has 1 saturated carbocycles. The monoisotopic (exact) mass is 250 g/mol. The number of methoxy groups -OCH3 is 1. The molecule has 2 rings (SSSR count). The normalized spacial score (nSPS) is 15.9. The fourth-order valence-corrected chi connectivity index (χ4v) is 2.62. The van der Waals surface area contributed by atoms with Crippen molar-refractivity contribution in [2.75, 3.05) is 7.11 Å². The van der Waals surface area contributed by atoms with Crippen LogP contribution in [0.2, 0.25) is 0 Å². The third-order valence-electron chi connectivity index (χ3n) is 3.73. The van der Waals surface area contributed by atoms with Crippen LogP contribution >= 0.6 is 0 Å². The minimum Gasteiger partial charge on any atom is -0.494 e. The van der Waals surface area contributed by atoms with E-state index in [9.17, 15) is 9.18 Å². The Morgan fingerprint density at radius 3 is 2.72 bits per heavy atom. The highest BCUT2D eigenvalue weighted by molar-refractivity contribution is 5.96. The Kier molecular flexibility index (Phi) is 4.34. The van der Waals surface area contributed by atoms with Gasteiger partial charge >= 0.3 is 0 Å². The average Bonchev–Trinajstić information content (AvgIpc) is 2.89. The molecule has 1 aliphatic carbocycles. The molecule has 0 saturated heterocycles. The molecule has 0 amide bonds. The van der Waals surface area contributed by atoms with Crippen molar-refractivity contribution in [2.24, 2.45) is 5.92 Å². The zero-order valence-electron chi connectivity index (χ0n) is 10.7. The van der Waals surface area contributed by atoms with Crippen LogP contribution in [0.4, 0.5) is 4.39 Å². The molecule has 0 heterocycles. The van der Waals surface area contributed by atoms with Gasteiger partial charge in [-0.25, -0.2) is 4.39 Å². The first-order chi connectivity index (χ1) is 8.70. The summed E-state index contributed by atoms with van der Waals surface area (Å²) in [7, 11) is 1.42. The van der Waals surface area contributed by atoms with Crippen LogP contribution in [0, 0.1) is 11.7 Å². The predicted molar refractivity (Wildman–Crippen MR) is 68.5 cm³/mol. The fourth-order valence-electron chi connectivity index (χ4n) is 2.62. The van der Waals surface area contributed by atoms with Gasteiger partial charge in [0.05, 0.1) is 7.11 Å². The van der Waals surface area contributed by atoms with Gasteiger partial charge in [0.1, 0.15) is 0 Å². The molecule has 1 aromatic rings. The summed E-state index contributed by atoms with van der Waals surface area (Å²) in [5, 5.41) is 0. The number of ether oxygens (including phenoxy) is 1. The van der Waals surface area contributed by atoms with Gasteiger partial charge in [-0.15, -0.1) is 0 Å². The van der Waals surface area contributed by atoms with Crippen molar-refractivity contribution in [1.82, 2.24) is 0 Å². The van der Waals surface area contributed by atoms with Crippen LogP contribution in [0.5, 0.6) is 5.75 Å². The van der Waals surface area contributed by atoms with Gasteiger partial charge in [-0.3, -0.25) is 4.79 Å². The maximum absolute atomic E-state index is 13.5. The van der Waals surface area contributed by atoms with E-state index in [1.165, 1.54) is 44.9 Å². The zero-order valence-corrected chi connectivity index (χ0v) is 10.7. The lowest BCUT2D eigenvalue weighted by Gasteiger charge is -2.08. The largest absolute Gasteiger partial charge is 0.494 e. The van der Waals surface area contributed by atoms with Crippen molar-refractivity contribution in [3.8, 4) is 5.75 Å². The summed E-state index contributed by atoms with van der Waals surface area (Å²) in [6.07, 6.45) is 6.52. The van der Waals surface area contributed by atoms with Gasteiger partial charge in [-0.05, 0) is 30.5 Å². The number of hydrogen-bond acceptors (Lipinski definition) is 2. The summed E-state index contributed by atoms with van der Waals surface area (Å²) in [6, 6.07) is 4.42.